The molecule has 0 aromatic heterocycles. The van der Waals surface area contributed by atoms with Crippen molar-refractivity contribution in [3.05, 3.63) is 34.9 Å². The Morgan fingerprint density at radius 1 is 1.43 bits per heavy atom. The predicted octanol–water partition coefficient (Wildman–Crippen LogP) is 0.442. The first-order valence-corrected chi connectivity index (χ1v) is 4.29. The number of benzene rings is 1. The first-order valence-electron chi connectivity index (χ1n) is 3.91. The number of halogens is 1. The normalized spacial score (nSPS) is 9.50. The quantitative estimate of drug-likeness (QED) is 0.699. The Morgan fingerprint density at radius 3 is 2.71 bits per heavy atom. The lowest BCUT2D eigenvalue weighted by molar-refractivity contribution is -0.137. The van der Waals surface area contributed by atoms with Crippen LogP contribution >= 0.6 is 11.6 Å². The summed E-state index contributed by atoms with van der Waals surface area (Å²) in [7, 11) is 0. The smallest absolute Gasteiger partial charge is 0.309 e. The topological polar surface area (TPSA) is 72.2 Å². The van der Waals surface area contributed by atoms with Gasteiger partial charge in [0.2, 0.25) is 0 Å². The Labute approximate surface area is 86.0 Å². The molecular weight excluding hydrogens is 204 g/mol. The highest BCUT2D eigenvalue weighted by atomic mass is 35.5. The van der Waals surface area contributed by atoms with Crippen molar-refractivity contribution in [3.63, 3.8) is 0 Å². The summed E-state index contributed by atoms with van der Waals surface area (Å²) in [5, 5.41) is 2.93. The zero-order valence-corrected chi connectivity index (χ0v) is 8.04. The number of carbonyl (C=O) groups is 2. The molecule has 4 nitrogen and oxygen atoms in total. The molecular formula is C9H9ClN2O2. The number of amides is 2. The highest BCUT2D eigenvalue weighted by Gasteiger charge is 2.06. The van der Waals surface area contributed by atoms with Crippen LogP contribution < -0.4 is 11.1 Å². The third-order valence-corrected chi connectivity index (χ3v) is 1.80. The summed E-state index contributed by atoms with van der Waals surface area (Å²) in [5.41, 5.74) is 5.57. The molecule has 0 unspecified atom stereocenters. The average Bonchev–Trinajstić information content (AvgIpc) is 2.14. The van der Waals surface area contributed by atoms with E-state index in [9.17, 15) is 9.59 Å². The molecule has 0 atom stereocenters. The Hall–Kier alpha value is -1.55. The van der Waals surface area contributed by atoms with Gasteiger partial charge in [0.15, 0.2) is 0 Å². The van der Waals surface area contributed by atoms with E-state index in [1.165, 1.54) is 0 Å². The van der Waals surface area contributed by atoms with E-state index in [1.54, 1.807) is 24.3 Å². The van der Waals surface area contributed by atoms with Crippen molar-refractivity contribution >= 4 is 23.4 Å². The minimum absolute atomic E-state index is 0.238. The van der Waals surface area contributed by atoms with Gasteiger partial charge in [-0.2, -0.15) is 0 Å². The van der Waals surface area contributed by atoms with Crippen molar-refractivity contribution in [1.82, 2.24) is 5.32 Å². The summed E-state index contributed by atoms with van der Waals surface area (Å²) in [6, 6.07) is 6.96. The Kier molecular flexibility index (Phi) is 3.48. The van der Waals surface area contributed by atoms with Crippen molar-refractivity contribution in [2.45, 2.75) is 6.54 Å². The molecule has 5 heteroatoms. The highest BCUT2D eigenvalue weighted by Crippen LogP contribution is 2.09. The molecule has 0 radical (unpaired) electrons. The van der Waals surface area contributed by atoms with E-state index in [-0.39, 0.29) is 6.54 Å². The third-order valence-electron chi connectivity index (χ3n) is 1.57. The van der Waals surface area contributed by atoms with E-state index in [0.29, 0.717) is 5.02 Å². The van der Waals surface area contributed by atoms with E-state index in [0.717, 1.165) is 5.56 Å². The maximum absolute atomic E-state index is 10.8. The van der Waals surface area contributed by atoms with Crippen LogP contribution in [0.25, 0.3) is 0 Å². The number of nitrogens with two attached hydrogens (primary N) is 1. The molecule has 1 aromatic carbocycles. The van der Waals surface area contributed by atoms with E-state index >= 15 is 0 Å². The monoisotopic (exact) mass is 212 g/mol. The van der Waals surface area contributed by atoms with Crippen molar-refractivity contribution in [2.75, 3.05) is 0 Å². The summed E-state index contributed by atoms with van der Waals surface area (Å²) in [6.45, 7) is 0.238. The van der Waals surface area contributed by atoms with E-state index in [4.69, 9.17) is 17.3 Å². The second-order valence-corrected chi connectivity index (χ2v) is 3.11. The number of nitrogens with one attached hydrogen (secondary N) is 1. The molecule has 0 fully saturated rings. The zero-order valence-electron chi connectivity index (χ0n) is 7.29. The van der Waals surface area contributed by atoms with Gasteiger partial charge < -0.3 is 11.1 Å². The van der Waals surface area contributed by atoms with Crippen LogP contribution in [0.4, 0.5) is 0 Å². The predicted molar refractivity (Wildman–Crippen MR) is 52.5 cm³/mol. The second kappa shape index (κ2) is 4.62. The number of carbonyl (C=O) groups excluding carboxylic acids is 2. The minimum atomic E-state index is -0.993. The van der Waals surface area contributed by atoms with Crippen LogP contribution in [0.3, 0.4) is 0 Å². The van der Waals surface area contributed by atoms with E-state index in [1.807, 2.05) is 0 Å². The summed E-state index contributed by atoms with van der Waals surface area (Å²) >= 11 is 5.72. The molecule has 0 aliphatic heterocycles. The van der Waals surface area contributed by atoms with Gasteiger partial charge in [-0.05, 0) is 17.7 Å². The maximum Gasteiger partial charge on any atom is 0.309 e. The molecule has 0 spiro atoms. The highest BCUT2D eigenvalue weighted by molar-refractivity contribution is 6.34. The zero-order chi connectivity index (χ0) is 10.6. The van der Waals surface area contributed by atoms with Crippen LogP contribution in [0.2, 0.25) is 5.02 Å². The average molecular weight is 213 g/mol. The number of hydrogen-bond acceptors (Lipinski definition) is 2. The van der Waals surface area contributed by atoms with Gasteiger partial charge in [-0.1, -0.05) is 23.7 Å². The number of hydrogen-bond donors (Lipinski definition) is 2. The van der Waals surface area contributed by atoms with E-state index in [2.05, 4.69) is 5.32 Å². The fourth-order valence-corrected chi connectivity index (χ4v) is 1.13. The molecule has 2 amide bonds. The van der Waals surface area contributed by atoms with Crippen LogP contribution in [-0.2, 0) is 16.1 Å². The van der Waals surface area contributed by atoms with E-state index < -0.39 is 11.8 Å². The lowest BCUT2D eigenvalue weighted by Crippen LogP contribution is -2.35. The number of primary amides is 1. The van der Waals surface area contributed by atoms with Crippen LogP contribution in [0.1, 0.15) is 5.56 Å². The molecule has 1 rings (SSSR count). The third kappa shape index (κ3) is 3.06. The van der Waals surface area contributed by atoms with Gasteiger partial charge in [-0.3, -0.25) is 9.59 Å². The van der Waals surface area contributed by atoms with Crippen LogP contribution in [0.5, 0.6) is 0 Å². The van der Waals surface area contributed by atoms with Crippen molar-refractivity contribution in [2.24, 2.45) is 5.73 Å². The van der Waals surface area contributed by atoms with Gasteiger partial charge >= 0.3 is 11.8 Å². The number of rotatable bonds is 2. The van der Waals surface area contributed by atoms with Crippen LogP contribution in [0, 0.1) is 0 Å². The molecule has 74 valence electrons. The first kappa shape index (κ1) is 10.5. The molecule has 3 N–H and O–H groups in total. The summed E-state index contributed by atoms with van der Waals surface area (Å²) in [5.74, 6) is -1.79. The van der Waals surface area contributed by atoms with Gasteiger partial charge in [-0.25, -0.2) is 0 Å². The molecule has 0 bridgehead atoms. The molecule has 14 heavy (non-hydrogen) atoms. The molecule has 0 saturated carbocycles. The Bertz CT molecular complexity index is 366. The van der Waals surface area contributed by atoms with Gasteiger partial charge in [0.25, 0.3) is 0 Å². The Morgan fingerprint density at radius 2 is 2.14 bits per heavy atom. The Balaban J connectivity index is 2.54. The molecule has 0 aliphatic carbocycles. The van der Waals surface area contributed by atoms with Gasteiger partial charge in [0, 0.05) is 11.6 Å². The SMILES string of the molecule is NC(=O)C(=O)NCc1cccc(Cl)c1. The summed E-state index contributed by atoms with van der Waals surface area (Å²) in [4.78, 5) is 21.2. The summed E-state index contributed by atoms with van der Waals surface area (Å²) in [6.07, 6.45) is 0. The van der Waals surface area contributed by atoms with Crippen LogP contribution in [-0.4, -0.2) is 11.8 Å². The first-order chi connectivity index (χ1) is 6.59. The van der Waals surface area contributed by atoms with Gasteiger partial charge in [0.1, 0.15) is 0 Å². The molecule has 0 saturated heterocycles. The lowest BCUT2D eigenvalue weighted by atomic mass is 10.2. The van der Waals surface area contributed by atoms with Crippen molar-refractivity contribution < 1.29 is 9.59 Å². The lowest BCUT2D eigenvalue weighted by Gasteiger charge is -2.02. The van der Waals surface area contributed by atoms with Crippen molar-refractivity contribution in [1.29, 1.82) is 0 Å². The molecule has 0 heterocycles. The fourth-order valence-electron chi connectivity index (χ4n) is 0.916. The fraction of sp³-hybridized carbons (Fsp3) is 0.111. The standard InChI is InChI=1S/C9H9ClN2O2/c10-7-3-1-2-6(4-7)5-12-9(14)8(11)13/h1-4H,5H2,(H2,11,13)(H,12,14). The van der Waals surface area contributed by atoms with Gasteiger partial charge in [0.05, 0.1) is 0 Å². The molecule has 1 aromatic rings. The van der Waals surface area contributed by atoms with Crippen LogP contribution in [0.15, 0.2) is 24.3 Å². The largest absolute Gasteiger partial charge is 0.361 e. The minimum Gasteiger partial charge on any atom is -0.361 e. The molecule has 0 aliphatic rings. The van der Waals surface area contributed by atoms with Gasteiger partial charge in [-0.15, -0.1) is 0 Å². The summed E-state index contributed by atoms with van der Waals surface area (Å²) < 4.78 is 0. The van der Waals surface area contributed by atoms with Crippen molar-refractivity contribution in [3.8, 4) is 0 Å². The maximum atomic E-state index is 10.8. The second-order valence-electron chi connectivity index (χ2n) is 2.68.